The Morgan fingerprint density at radius 1 is 1.44 bits per heavy atom. The maximum atomic E-state index is 13.3. The minimum absolute atomic E-state index is 0.0232. The number of aromatic nitrogens is 2. The van der Waals surface area contributed by atoms with Crippen LogP contribution in [0, 0.1) is 0 Å². The molecule has 1 fully saturated rings. The molecule has 136 valence electrons. The molecular weight excluding hydrogens is 318 g/mol. The quantitative estimate of drug-likeness (QED) is 0.835. The predicted molar refractivity (Wildman–Crippen MR) is 94.3 cm³/mol. The number of hydrogen-bond acceptors (Lipinski definition) is 4. The van der Waals surface area contributed by atoms with Crippen molar-refractivity contribution < 1.29 is 13.9 Å². The standard InChI is InChI=1S/C19H27N3O3/c1-19(2,3)17-16(13-21(4)20-17)18(23)22(11-14-7-5-9-24-14)12-15-8-6-10-25-15/h5,7,9,13,15H,6,8,10-12H2,1-4H3. The van der Waals surface area contributed by atoms with Crippen molar-refractivity contribution in [2.24, 2.45) is 7.05 Å². The second-order valence-electron chi connectivity index (χ2n) is 7.72. The van der Waals surface area contributed by atoms with E-state index in [1.807, 2.05) is 30.3 Å². The molecule has 6 nitrogen and oxygen atoms in total. The Morgan fingerprint density at radius 3 is 2.84 bits per heavy atom. The Labute approximate surface area is 148 Å². The molecule has 1 aliphatic rings. The Hall–Kier alpha value is -2.08. The van der Waals surface area contributed by atoms with E-state index in [9.17, 15) is 4.79 Å². The molecule has 1 atom stereocenters. The lowest BCUT2D eigenvalue weighted by molar-refractivity contribution is 0.0490. The molecule has 0 aromatic carbocycles. The van der Waals surface area contributed by atoms with Gasteiger partial charge in [0.2, 0.25) is 0 Å². The fourth-order valence-corrected chi connectivity index (χ4v) is 3.21. The second kappa shape index (κ2) is 7.04. The van der Waals surface area contributed by atoms with Crippen molar-refractivity contribution >= 4 is 5.91 Å². The number of rotatable bonds is 5. The van der Waals surface area contributed by atoms with Crippen molar-refractivity contribution in [3.63, 3.8) is 0 Å². The van der Waals surface area contributed by atoms with Crippen molar-refractivity contribution in [3.8, 4) is 0 Å². The molecule has 1 saturated heterocycles. The van der Waals surface area contributed by atoms with Crippen LogP contribution in [0.3, 0.4) is 0 Å². The average Bonchev–Trinajstić information content (AvgIpc) is 3.26. The van der Waals surface area contributed by atoms with E-state index in [0.717, 1.165) is 30.9 Å². The summed E-state index contributed by atoms with van der Waals surface area (Å²) in [4.78, 5) is 15.1. The number of ether oxygens (including phenoxy) is 1. The maximum Gasteiger partial charge on any atom is 0.257 e. The van der Waals surface area contributed by atoms with Crippen molar-refractivity contribution in [1.82, 2.24) is 14.7 Å². The van der Waals surface area contributed by atoms with E-state index in [2.05, 4.69) is 25.9 Å². The predicted octanol–water partition coefficient (Wildman–Crippen LogP) is 3.13. The summed E-state index contributed by atoms with van der Waals surface area (Å²) in [5, 5.41) is 4.53. The van der Waals surface area contributed by atoms with Gasteiger partial charge in [-0.25, -0.2) is 0 Å². The minimum Gasteiger partial charge on any atom is -0.467 e. The zero-order valence-electron chi connectivity index (χ0n) is 15.5. The van der Waals surface area contributed by atoms with Gasteiger partial charge in [-0.15, -0.1) is 0 Å². The summed E-state index contributed by atoms with van der Waals surface area (Å²) in [6.45, 7) is 7.99. The van der Waals surface area contributed by atoms with E-state index in [-0.39, 0.29) is 17.4 Å². The van der Waals surface area contributed by atoms with E-state index in [1.165, 1.54) is 0 Å². The van der Waals surface area contributed by atoms with Gasteiger partial charge in [-0.05, 0) is 25.0 Å². The molecule has 25 heavy (non-hydrogen) atoms. The number of carbonyl (C=O) groups excluding carboxylic acids is 1. The minimum atomic E-state index is -0.202. The highest BCUT2D eigenvalue weighted by molar-refractivity contribution is 5.95. The summed E-state index contributed by atoms with van der Waals surface area (Å²) >= 11 is 0. The molecule has 6 heteroatoms. The van der Waals surface area contributed by atoms with Crippen molar-refractivity contribution in [2.45, 2.75) is 51.7 Å². The van der Waals surface area contributed by atoms with Gasteiger partial charge in [0.1, 0.15) is 5.76 Å². The number of nitrogens with zero attached hydrogens (tertiary/aromatic N) is 3. The van der Waals surface area contributed by atoms with Crippen molar-refractivity contribution in [1.29, 1.82) is 0 Å². The molecule has 0 bridgehead atoms. The Kier molecular flexibility index (Phi) is 4.99. The molecule has 3 rings (SSSR count). The number of hydrogen-bond donors (Lipinski definition) is 0. The lowest BCUT2D eigenvalue weighted by Crippen LogP contribution is -2.37. The molecule has 3 heterocycles. The van der Waals surface area contributed by atoms with E-state index >= 15 is 0 Å². The van der Waals surface area contributed by atoms with Crippen LogP contribution in [0.2, 0.25) is 0 Å². The van der Waals surface area contributed by atoms with Crippen molar-refractivity contribution in [2.75, 3.05) is 13.2 Å². The van der Waals surface area contributed by atoms with Gasteiger partial charge in [0, 0.05) is 31.8 Å². The van der Waals surface area contributed by atoms with Gasteiger partial charge in [-0.1, -0.05) is 20.8 Å². The van der Waals surface area contributed by atoms with Gasteiger partial charge >= 0.3 is 0 Å². The maximum absolute atomic E-state index is 13.3. The van der Waals surface area contributed by atoms with Gasteiger partial charge in [0.05, 0.1) is 30.2 Å². The van der Waals surface area contributed by atoms with E-state index in [1.54, 1.807) is 10.9 Å². The highest BCUT2D eigenvalue weighted by Gasteiger charge is 2.30. The first-order valence-corrected chi connectivity index (χ1v) is 8.82. The van der Waals surface area contributed by atoms with Gasteiger partial charge in [-0.3, -0.25) is 9.48 Å². The van der Waals surface area contributed by atoms with Crippen LogP contribution in [0.1, 0.15) is 55.4 Å². The summed E-state index contributed by atoms with van der Waals surface area (Å²) < 4.78 is 12.9. The van der Waals surface area contributed by atoms with Crippen LogP contribution >= 0.6 is 0 Å². The topological polar surface area (TPSA) is 60.5 Å². The summed E-state index contributed by atoms with van der Waals surface area (Å²) in [5.74, 6) is 0.748. The molecule has 0 aliphatic carbocycles. The first kappa shape index (κ1) is 17.7. The largest absolute Gasteiger partial charge is 0.467 e. The first-order chi connectivity index (χ1) is 11.8. The molecular formula is C19H27N3O3. The number of furan rings is 1. The summed E-state index contributed by atoms with van der Waals surface area (Å²) in [5.41, 5.74) is 1.27. The van der Waals surface area contributed by atoms with E-state index < -0.39 is 0 Å². The van der Waals surface area contributed by atoms with Gasteiger partial charge in [0.25, 0.3) is 5.91 Å². The molecule has 2 aromatic rings. The lowest BCUT2D eigenvalue weighted by atomic mass is 9.89. The Morgan fingerprint density at radius 2 is 2.24 bits per heavy atom. The van der Waals surface area contributed by atoms with Gasteiger partial charge < -0.3 is 14.1 Å². The summed E-state index contributed by atoms with van der Waals surface area (Å²) in [6, 6.07) is 3.73. The van der Waals surface area contributed by atoms with E-state index in [0.29, 0.717) is 18.7 Å². The van der Waals surface area contributed by atoms with Gasteiger partial charge in [-0.2, -0.15) is 5.10 Å². The summed E-state index contributed by atoms with van der Waals surface area (Å²) in [6.07, 6.45) is 5.57. The highest BCUT2D eigenvalue weighted by Crippen LogP contribution is 2.26. The van der Waals surface area contributed by atoms with Crippen LogP contribution < -0.4 is 0 Å². The number of aryl methyl sites for hydroxylation is 1. The van der Waals surface area contributed by atoms with Crippen LogP contribution in [0.4, 0.5) is 0 Å². The fourth-order valence-electron chi connectivity index (χ4n) is 3.21. The van der Waals surface area contributed by atoms with Crippen molar-refractivity contribution in [3.05, 3.63) is 41.6 Å². The number of amides is 1. The van der Waals surface area contributed by atoms with Crippen LogP contribution in [-0.4, -0.2) is 39.8 Å². The average molecular weight is 345 g/mol. The van der Waals surface area contributed by atoms with Crippen LogP contribution in [0.5, 0.6) is 0 Å². The Balaban J connectivity index is 1.88. The highest BCUT2D eigenvalue weighted by atomic mass is 16.5. The Bertz CT molecular complexity index is 707. The van der Waals surface area contributed by atoms with Crippen LogP contribution in [-0.2, 0) is 23.7 Å². The lowest BCUT2D eigenvalue weighted by Gasteiger charge is -2.26. The monoisotopic (exact) mass is 345 g/mol. The third-order valence-electron chi connectivity index (χ3n) is 4.43. The molecule has 1 amide bonds. The SMILES string of the molecule is Cn1cc(C(=O)N(Cc2ccco2)CC2CCCO2)c(C(C)(C)C)n1. The molecule has 0 spiro atoms. The molecule has 0 saturated carbocycles. The fraction of sp³-hybridized carbons (Fsp3) is 0.579. The smallest absolute Gasteiger partial charge is 0.257 e. The zero-order valence-corrected chi connectivity index (χ0v) is 15.5. The first-order valence-electron chi connectivity index (χ1n) is 8.82. The molecule has 1 aliphatic heterocycles. The second-order valence-corrected chi connectivity index (χ2v) is 7.72. The molecule has 2 aromatic heterocycles. The summed E-state index contributed by atoms with van der Waals surface area (Å²) in [7, 11) is 1.85. The van der Waals surface area contributed by atoms with Crippen LogP contribution in [0.15, 0.2) is 29.0 Å². The van der Waals surface area contributed by atoms with E-state index in [4.69, 9.17) is 9.15 Å². The number of carbonyl (C=O) groups is 1. The molecule has 1 unspecified atom stereocenters. The zero-order chi connectivity index (χ0) is 18.0. The third kappa shape index (κ3) is 4.12. The van der Waals surface area contributed by atoms with Gasteiger partial charge in [0.15, 0.2) is 0 Å². The van der Waals surface area contributed by atoms with Crippen LogP contribution in [0.25, 0.3) is 0 Å². The molecule has 0 N–H and O–H groups in total. The normalized spacial score (nSPS) is 17.8. The molecule has 0 radical (unpaired) electrons. The third-order valence-corrected chi connectivity index (χ3v) is 4.43.